The summed E-state index contributed by atoms with van der Waals surface area (Å²) < 4.78 is 28.8. The number of alkyl halides is 2. The van der Waals surface area contributed by atoms with Gasteiger partial charge in [0.1, 0.15) is 0 Å². The van der Waals surface area contributed by atoms with Gasteiger partial charge in [-0.05, 0) is 6.05 Å². The van der Waals surface area contributed by atoms with Gasteiger partial charge in [-0.25, -0.2) is 0 Å². The lowest BCUT2D eigenvalue weighted by atomic mass is 10.1. The van der Waals surface area contributed by atoms with Gasteiger partial charge in [-0.3, -0.25) is 0 Å². The van der Waals surface area contributed by atoms with Crippen LogP contribution in [0.25, 0.3) is 0 Å². The van der Waals surface area contributed by atoms with Crippen molar-refractivity contribution < 1.29 is 10.6 Å². The molecule has 0 radical (unpaired) electrons. The maximum atomic E-state index is 9.40. The average Bonchev–Trinajstić information content (AvgIpc) is 2.09. The predicted octanol–water partition coefficient (Wildman–Crippen LogP) is 1.65. The highest BCUT2D eigenvalue weighted by Crippen LogP contribution is 2.26. The van der Waals surface area contributed by atoms with E-state index >= 15 is 0 Å². The molecule has 0 spiro atoms. The summed E-state index contributed by atoms with van der Waals surface area (Å²) >= 11 is 11.0. The Labute approximate surface area is 69.2 Å². The molecule has 2 unspecified atom stereocenters. The van der Waals surface area contributed by atoms with E-state index in [9.17, 15) is 5.11 Å². The summed E-state index contributed by atoms with van der Waals surface area (Å²) in [5.41, 5.74) is 0. The molecule has 1 aliphatic carbocycles. The Balaban J connectivity index is 3.32. The normalized spacial score (nSPS) is 52.1. The molecule has 0 aliphatic heterocycles. The van der Waals surface area contributed by atoms with Gasteiger partial charge in [0, 0.05) is 0 Å². The molecule has 0 aromatic carbocycles. The van der Waals surface area contributed by atoms with Crippen molar-refractivity contribution in [3.05, 3.63) is 24.2 Å². The third kappa shape index (κ3) is 1.48. The summed E-state index contributed by atoms with van der Waals surface area (Å²) in [5.74, 6) is 0. The Morgan fingerprint density at radius 3 is 3.00 bits per heavy atom. The first-order valence-corrected chi connectivity index (χ1v) is 3.02. The zero-order valence-corrected chi connectivity index (χ0v) is 5.79. The second-order valence-electron chi connectivity index (χ2n) is 1.56. The fourth-order valence-corrected chi connectivity index (χ4v) is 0.588. The molecule has 3 heteroatoms. The van der Waals surface area contributed by atoms with Crippen molar-refractivity contribution in [2.24, 2.45) is 0 Å². The molecular formula is C6H6Cl2O. The fraction of sp³-hybridized carbons (Fsp3) is 0.333. The van der Waals surface area contributed by atoms with Crippen LogP contribution in [0.5, 0.6) is 0 Å². The van der Waals surface area contributed by atoms with Crippen LogP contribution in [0.4, 0.5) is 0 Å². The molecule has 0 bridgehead atoms. The monoisotopic (exact) mass is 168 g/mol. The van der Waals surface area contributed by atoms with Gasteiger partial charge >= 0.3 is 0 Å². The highest BCUT2D eigenvalue weighted by molar-refractivity contribution is 6.33. The Morgan fingerprint density at radius 1 is 1.67 bits per heavy atom. The van der Waals surface area contributed by atoms with E-state index < -0.39 is 34.6 Å². The van der Waals surface area contributed by atoms with E-state index in [4.69, 9.17) is 28.7 Å². The zero-order chi connectivity index (χ0) is 10.4. The summed E-state index contributed by atoms with van der Waals surface area (Å²) in [4.78, 5) is 0. The minimum Gasteiger partial charge on any atom is -0.370 e. The van der Waals surface area contributed by atoms with Crippen LogP contribution in [0.1, 0.15) is 5.48 Å². The first-order valence-electron chi connectivity index (χ1n) is 4.21. The van der Waals surface area contributed by atoms with Crippen molar-refractivity contribution in [1.82, 2.24) is 0 Å². The Morgan fingerprint density at radius 2 is 2.33 bits per heavy atom. The van der Waals surface area contributed by atoms with Crippen LogP contribution in [0.15, 0.2) is 24.2 Å². The van der Waals surface area contributed by atoms with Crippen molar-refractivity contribution >= 4 is 23.2 Å². The molecule has 1 rings (SSSR count). The van der Waals surface area contributed by atoms with Crippen molar-refractivity contribution in [2.45, 2.75) is 10.4 Å². The summed E-state index contributed by atoms with van der Waals surface area (Å²) in [6.07, 6.45) is 0. The van der Waals surface area contributed by atoms with Crippen molar-refractivity contribution in [2.75, 3.05) is 0 Å². The standard InChI is InChI=1S/C6H6Cl2O/c7-5-3-1-2-4-6(5,8)9/h1-5,9H/i1D,2D,3D,4D. The summed E-state index contributed by atoms with van der Waals surface area (Å²) in [7, 11) is 0. The second-order valence-corrected chi connectivity index (χ2v) is 2.57. The van der Waals surface area contributed by atoms with Crippen LogP contribution in [0, 0.1) is 0 Å². The highest BCUT2D eigenvalue weighted by Gasteiger charge is 2.29. The highest BCUT2D eigenvalue weighted by atomic mass is 35.5. The maximum absolute atomic E-state index is 9.40. The van der Waals surface area contributed by atoms with Crippen molar-refractivity contribution in [3.8, 4) is 0 Å². The molecular weight excluding hydrogens is 159 g/mol. The van der Waals surface area contributed by atoms with Gasteiger partial charge < -0.3 is 5.11 Å². The van der Waals surface area contributed by atoms with Gasteiger partial charge in [-0.1, -0.05) is 29.8 Å². The number of allylic oxidation sites excluding steroid dienone is 2. The maximum Gasteiger partial charge on any atom is 0.177 e. The third-order valence-electron chi connectivity index (χ3n) is 0.835. The van der Waals surface area contributed by atoms with Crippen LogP contribution >= 0.6 is 23.2 Å². The molecule has 0 amide bonds. The summed E-state index contributed by atoms with van der Waals surface area (Å²) in [6.45, 7) is 0. The van der Waals surface area contributed by atoms with E-state index in [2.05, 4.69) is 0 Å². The number of hydrogen-bond donors (Lipinski definition) is 1. The van der Waals surface area contributed by atoms with E-state index in [1.807, 2.05) is 0 Å². The minimum atomic E-state index is -2.25. The molecule has 0 saturated heterocycles. The number of aliphatic hydroxyl groups is 1. The average molecular weight is 169 g/mol. The van der Waals surface area contributed by atoms with E-state index in [1.54, 1.807) is 0 Å². The first kappa shape index (κ1) is 3.42. The summed E-state index contributed by atoms with van der Waals surface area (Å²) in [6, 6.07) is -2.13. The minimum absolute atomic E-state index is 0.444. The number of rotatable bonds is 0. The smallest absolute Gasteiger partial charge is 0.177 e. The summed E-state index contributed by atoms with van der Waals surface area (Å²) in [5, 5.41) is 5.79. The molecule has 1 nitrogen and oxygen atoms in total. The Bertz CT molecular complexity index is 310. The Kier molecular flexibility index (Phi) is 0.887. The van der Waals surface area contributed by atoms with Crippen LogP contribution in [0.3, 0.4) is 0 Å². The van der Waals surface area contributed by atoms with Gasteiger partial charge in [0.25, 0.3) is 0 Å². The molecule has 1 aliphatic rings. The molecule has 0 saturated carbocycles. The molecule has 0 fully saturated rings. The largest absolute Gasteiger partial charge is 0.370 e. The number of halogens is 2. The lowest BCUT2D eigenvalue weighted by Crippen LogP contribution is -2.29. The van der Waals surface area contributed by atoms with Crippen LogP contribution in [0.2, 0.25) is 0 Å². The van der Waals surface area contributed by atoms with E-state index in [0.717, 1.165) is 0 Å². The second kappa shape index (κ2) is 2.33. The molecule has 1 N–H and O–H groups in total. The van der Waals surface area contributed by atoms with E-state index in [-0.39, 0.29) is 0 Å². The molecule has 9 heavy (non-hydrogen) atoms. The van der Waals surface area contributed by atoms with Gasteiger partial charge in [-0.2, -0.15) is 0 Å². The molecule has 0 aromatic heterocycles. The van der Waals surface area contributed by atoms with Gasteiger partial charge in [0.15, 0.2) is 5.06 Å². The van der Waals surface area contributed by atoms with Gasteiger partial charge in [-0.15, -0.1) is 11.6 Å². The van der Waals surface area contributed by atoms with Crippen LogP contribution < -0.4 is 0 Å². The number of hydrogen-bond acceptors (Lipinski definition) is 1. The van der Waals surface area contributed by atoms with Gasteiger partial charge in [0.05, 0.1) is 10.9 Å². The quantitative estimate of drug-likeness (QED) is 0.546. The van der Waals surface area contributed by atoms with Gasteiger partial charge in [0.2, 0.25) is 0 Å². The molecule has 0 aromatic rings. The molecule has 0 heterocycles. The fourth-order valence-electron chi connectivity index (χ4n) is 0.377. The third-order valence-corrected chi connectivity index (χ3v) is 1.68. The van der Waals surface area contributed by atoms with Crippen molar-refractivity contribution in [3.63, 3.8) is 0 Å². The first-order chi connectivity index (χ1) is 5.80. The van der Waals surface area contributed by atoms with Crippen molar-refractivity contribution in [1.29, 1.82) is 0 Å². The lowest BCUT2D eigenvalue weighted by Gasteiger charge is -2.21. The molecule has 2 atom stereocenters. The van der Waals surface area contributed by atoms with E-state index in [0.29, 0.717) is 0 Å². The topological polar surface area (TPSA) is 20.2 Å². The van der Waals surface area contributed by atoms with E-state index in [1.165, 1.54) is 0 Å². The van der Waals surface area contributed by atoms with Crippen LogP contribution in [-0.2, 0) is 0 Å². The predicted molar refractivity (Wildman–Crippen MR) is 38.7 cm³/mol. The SMILES string of the molecule is [2H]C1=C([2H])C(Cl)C(O)(Cl)C([2H])=C1[2H]. The lowest BCUT2D eigenvalue weighted by molar-refractivity contribution is 0.185. The Hall–Kier alpha value is 0.0200. The zero-order valence-electron chi connectivity index (χ0n) is 8.28. The molecule has 50 valence electrons. The van der Waals surface area contributed by atoms with Crippen LogP contribution in [-0.4, -0.2) is 15.5 Å².